The summed E-state index contributed by atoms with van der Waals surface area (Å²) in [6.45, 7) is 5.43. The van der Waals surface area contributed by atoms with Gasteiger partial charge in [0.1, 0.15) is 18.2 Å². The minimum atomic E-state index is -0.599. The lowest BCUT2D eigenvalue weighted by atomic mass is 10.1. The van der Waals surface area contributed by atoms with E-state index in [4.69, 9.17) is 9.47 Å². The average Bonchev–Trinajstić information content (AvgIpc) is 3.21. The van der Waals surface area contributed by atoms with Crippen LogP contribution in [0.1, 0.15) is 33.0 Å². The number of nitrogens with one attached hydrogen (secondary N) is 1. The van der Waals surface area contributed by atoms with E-state index in [-0.39, 0.29) is 0 Å². The molecule has 9 heteroatoms. The Hall–Kier alpha value is -4.53. The Bertz CT molecular complexity index is 1310. The molecule has 9 nitrogen and oxygen atoms in total. The summed E-state index contributed by atoms with van der Waals surface area (Å²) in [5.41, 5.74) is 3.48. The number of aryl methyl sites for hydroxylation is 3. The zero-order valence-electron chi connectivity index (χ0n) is 19.7. The molecule has 1 amide bonds. The van der Waals surface area contributed by atoms with Gasteiger partial charge in [-0.3, -0.25) is 4.79 Å². The Kier molecular flexibility index (Phi) is 7.15. The number of anilines is 1. The summed E-state index contributed by atoms with van der Waals surface area (Å²) in [4.78, 5) is 33.6. The number of ether oxygens (including phenoxy) is 2. The normalized spacial score (nSPS) is 10.6. The van der Waals surface area contributed by atoms with Crippen molar-refractivity contribution in [1.82, 2.24) is 19.7 Å². The Morgan fingerprint density at radius 1 is 0.886 bits per heavy atom. The number of esters is 1. The van der Waals surface area contributed by atoms with Gasteiger partial charge < -0.3 is 14.8 Å². The van der Waals surface area contributed by atoms with E-state index >= 15 is 0 Å². The van der Waals surface area contributed by atoms with Crippen molar-refractivity contribution in [3.8, 4) is 11.7 Å². The third-order valence-electron chi connectivity index (χ3n) is 4.93. The van der Waals surface area contributed by atoms with Gasteiger partial charge in [0.2, 0.25) is 0 Å². The SMILES string of the molecule is Cc1cc(C)nc(-n2nc(C)cc2NC(=O)COC(=O)c2ccc(COc3ccccc3)cc2)n1. The van der Waals surface area contributed by atoms with Crippen LogP contribution in [0.3, 0.4) is 0 Å². The van der Waals surface area contributed by atoms with Gasteiger partial charge in [0, 0.05) is 17.5 Å². The molecule has 2 aromatic carbocycles. The molecule has 2 heterocycles. The summed E-state index contributed by atoms with van der Waals surface area (Å²) in [6.07, 6.45) is 0. The van der Waals surface area contributed by atoms with Crippen LogP contribution < -0.4 is 10.1 Å². The molecule has 4 aromatic rings. The maximum Gasteiger partial charge on any atom is 0.338 e. The molecule has 0 saturated heterocycles. The van der Waals surface area contributed by atoms with Gasteiger partial charge in [0.25, 0.3) is 11.9 Å². The van der Waals surface area contributed by atoms with Crippen LogP contribution in [-0.2, 0) is 16.1 Å². The third-order valence-corrected chi connectivity index (χ3v) is 4.93. The van der Waals surface area contributed by atoms with Crippen LogP contribution in [0.4, 0.5) is 5.82 Å². The fourth-order valence-corrected chi connectivity index (χ4v) is 3.36. The molecule has 0 aliphatic rings. The van der Waals surface area contributed by atoms with E-state index < -0.39 is 18.5 Å². The van der Waals surface area contributed by atoms with Crippen LogP contribution in [0, 0.1) is 20.8 Å². The molecule has 2 aromatic heterocycles. The topological polar surface area (TPSA) is 108 Å². The first-order valence-electron chi connectivity index (χ1n) is 11.0. The zero-order chi connectivity index (χ0) is 24.8. The maximum absolute atomic E-state index is 12.5. The number of hydrogen-bond acceptors (Lipinski definition) is 7. The molecule has 178 valence electrons. The Labute approximate surface area is 202 Å². The lowest BCUT2D eigenvalue weighted by Gasteiger charge is -2.10. The van der Waals surface area contributed by atoms with Crippen molar-refractivity contribution in [1.29, 1.82) is 0 Å². The van der Waals surface area contributed by atoms with E-state index in [2.05, 4.69) is 20.4 Å². The van der Waals surface area contributed by atoms with Crippen molar-refractivity contribution >= 4 is 17.7 Å². The standard InChI is InChI=1S/C26H25N5O4/c1-17-13-18(2)28-26(27-17)31-23(14-19(3)30-31)29-24(32)16-35-25(33)21-11-9-20(10-12-21)15-34-22-7-5-4-6-8-22/h4-14H,15-16H2,1-3H3,(H,29,32). The molecule has 1 N–H and O–H groups in total. The van der Waals surface area contributed by atoms with Crippen molar-refractivity contribution < 1.29 is 19.1 Å². The Morgan fingerprint density at radius 3 is 2.26 bits per heavy atom. The maximum atomic E-state index is 12.5. The average molecular weight is 472 g/mol. The second-order valence-corrected chi connectivity index (χ2v) is 7.96. The first-order valence-corrected chi connectivity index (χ1v) is 11.0. The first-order chi connectivity index (χ1) is 16.9. The van der Waals surface area contributed by atoms with E-state index in [0.717, 1.165) is 22.7 Å². The number of carbonyl (C=O) groups excluding carboxylic acids is 2. The van der Waals surface area contributed by atoms with Gasteiger partial charge in [-0.15, -0.1) is 0 Å². The van der Waals surface area contributed by atoms with Gasteiger partial charge in [-0.05, 0) is 56.7 Å². The smallest absolute Gasteiger partial charge is 0.338 e. The fraction of sp³-hybridized carbons (Fsp3) is 0.192. The van der Waals surface area contributed by atoms with Crippen LogP contribution in [0.15, 0.2) is 66.7 Å². The number of benzene rings is 2. The second kappa shape index (κ2) is 10.6. The van der Waals surface area contributed by atoms with E-state index in [1.807, 2.05) is 50.2 Å². The van der Waals surface area contributed by atoms with Gasteiger partial charge in [-0.1, -0.05) is 30.3 Å². The predicted octanol–water partition coefficient (Wildman–Crippen LogP) is 3.96. The molecular weight excluding hydrogens is 446 g/mol. The summed E-state index contributed by atoms with van der Waals surface area (Å²) in [5.74, 6) is 0.396. The molecule has 35 heavy (non-hydrogen) atoms. The predicted molar refractivity (Wildman–Crippen MR) is 129 cm³/mol. The molecule has 0 unspecified atom stereocenters. The monoisotopic (exact) mass is 471 g/mol. The van der Waals surface area contributed by atoms with Crippen molar-refractivity contribution in [2.45, 2.75) is 27.4 Å². The van der Waals surface area contributed by atoms with Gasteiger partial charge >= 0.3 is 5.97 Å². The second-order valence-electron chi connectivity index (χ2n) is 7.96. The van der Waals surface area contributed by atoms with E-state index in [1.54, 1.807) is 37.3 Å². The highest BCUT2D eigenvalue weighted by atomic mass is 16.5. The summed E-state index contributed by atoms with van der Waals surface area (Å²) in [5, 5.41) is 7.07. The molecule has 0 aliphatic heterocycles. The van der Waals surface area contributed by atoms with Gasteiger partial charge in [0.15, 0.2) is 6.61 Å². The molecule has 0 spiro atoms. The van der Waals surface area contributed by atoms with Crippen LogP contribution in [-0.4, -0.2) is 38.2 Å². The van der Waals surface area contributed by atoms with Crippen LogP contribution in [0.2, 0.25) is 0 Å². The molecule has 0 atom stereocenters. The van der Waals surface area contributed by atoms with E-state index in [0.29, 0.717) is 29.6 Å². The lowest BCUT2D eigenvalue weighted by molar-refractivity contribution is -0.119. The third kappa shape index (κ3) is 6.29. The number of carbonyl (C=O) groups is 2. The summed E-state index contributed by atoms with van der Waals surface area (Å²) >= 11 is 0. The molecule has 0 radical (unpaired) electrons. The number of para-hydroxylation sites is 1. The fourth-order valence-electron chi connectivity index (χ4n) is 3.36. The van der Waals surface area contributed by atoms with Crippen LogP contribution in [0.5, 0.6) is 5.75 Å². The van der Waals surface area contributed by atoms with Crippen LogP contribution >= 0.6 is 0 Å². The van der Waals surface area contributed by atoms with Crippen molar-refractivity contribution in [3.63, 3.8) is 0 Å². The van der Waals surface area contributed by atoms with Gasteiger partial charge in [-0.25, -0.2) is 14.8 Å². The highest BCUT2D eigenvalue weighted by Gasteiger charge is 2.16. The highest BCUT2D eigenvalue weighted by molar-refractivity contribution is 5.95. The molecule has 4 rings (SSSR count). The highest BCUT2D eigenvalue weighted by Crippen LogP contribution is 2.16. The molecule has 0 saturated carbocycles. The summed E-state index contributed by atoms with van der Waals surface area (Å²) < 4.78 is 12.3. The first kappa shape index (κ1) is 23.6. The van der Waals surface area contributed by atoms with Gasteiger partial charge in [-0.2, -0.15) is 9.78 Å². The molecule has 0 fully saturated rings. The Balaban J connectivity index is 1.32. The number of rotatable bonds is 8. The minimum absolute atomic E-state index is 0.339. The van der Waals surface area contributed by atoms with Crippen molar-refractivity contribution in [2.24, 2.45) is 0 Å². The van der Waals surface area contributed by atoms with E-state index in [9.17, 15) is 9.59 Å². The Morgan fingerprint density at radius 2 is 1.57 bits per heavy atom. The number of hydrogen-bond donors (Lipinski definition) is 1. The number of nitrogens with zero attached hydrogens (tertiary/aromatic N) is 4. The molecule has 0 aliphatic carbocycles. The summed E-state index contributed by atoms with van der Waals surface area (Å²) in [7, 11) is 0. The van der Waals surface area contributed by atoms with Crippen molar-refractivity contribution in [3.05, 3.63) is 94.9 Å². The quantitative estimate of drug-likeness (QED) is 0.388. The molecule has 0 bridgehead atoms. The summed E-state index contributed by atoms with van der Waals surface area (Å²) in [6, 6.07) is 19.8. The minimum Gasteiger partial charge on any atom is -0.489 e. The van der Waals surface area contributed by atoms with Gasteiger partial charge in [0.05, 0.1) is 11.3 Å². The van der Waals surface area contributed by atoms with Crippen molar-refractivity contribution in [2.75, 3.05) is 11.9 Å². The number of aromatic nitrogens is 4. The largest absolute Gasteiger partial charge is 0.489 e. The van der Waals surface area contributed by atoms with Crippen LogP contribution in [0.25, 0.3) is 5.95 Å². The zero-order valence-corrected chi connectivity index (χ0v) is 19.7. The van der Waals surface area contributed by atoms with E-state index in [1.165, 1.54) is 4.68 Å². The molecular formula is C26H25N5O4. The lowest BCUT2D eigenvalue weighted by Crippen LogP contribution is -2.22. The number of amides is 1.